The molecular weight excluding hydrogens is 723 g/mol. The van der Waals surface area contributed by atoms with Gasteiger partial charge in [-0.05, 0) is 98.9 Å². The Balaban J connectivity index is 1.39. The maximum atomic E-state index is 15.1. The molecule has 0 heterocycles. The first-order valence-corrected chi connectivity index (χ1v) is 20.0. The molecule has 0 aromatic heterocycles. The Labute approximate surface area is 294 Å². The van der Waals surface area contributed by atoms with Gasteiger partial charge in [0.2, 0.25) is 5.82 Å². The lowest BCUT2D eigenvalue weighted by Crippen LogP contribution is -2.16. The molecule has 2 unspecified atom stereocenters. The fraction of sp³-hybridized carbons (Fsp3) is 0.455. The maximum absolute atomic E-state index is 15.1. The monoisotopic (exact) mass is 766 g/mol. The molecule has 0 aliphatic heterocycles. The number of halogens is 4. The van der Waals surface area contributed by atoms with Crippen LogP contribution in [-0.2, 0) is 15.6 Å². The van der Waals surface area contributed by atoms with Gasteiger partial charge in [0.05, 0.1) is 18.5 Å². The second kappa shape index (κ2) is 19.3. The number of hydrogen-bond acceptors (Lipinski definition) is 7. The van der Waals surface area contributed by atoms with E-state index in [1.807, 2.05) is 6.92 Å². The zero-order chi connectivity index (χ0) is 37.1. The van der Waals surface area contributed by atoms with Crippen LogP contribution in [0.3, 0.4) is 0 Å². The Morgan fingerprint density at radius 3 is 2.08 bits per heavy atom. The number of benzene rings is 3. The summed E-state index contributed by atoms with van der Waals surface area (Å²) in [5.41, 5.74) is 1.13. The quantitative estimate of drug-likeness (QED) is 0.0350. The summed E-state index contributed by atoms with van der Waals surface area (Å²) in [6.45, 7) is 5.42. The molecule has 0 amide bonds. The van der Waals surface area contributed by atoms with E-state index >= 15 is 4.39 Å². The summed E-state index contributed by atoms with van der Waals surface area (Å²) in [6, 6.07) is 8.46. The van der Waals surface area contributed by atoms with Gasteiger partial charge in [0.15, 0.2) is 23.1 Å². The van der Waals surface area contributed by atoms with Crippen molar-refractivity contribution in [2.75, 3.05) is 19.4 Å². The molecule has 0 saturated carbocycles. The standard InChI is InChI=1S/C33H44ClF3N2O9P2/c1-21(10-9-17-49(42,43)38-40)20-47-27-13-12-24(30(35)32(27)37)11-7-5-4-6-8-16-46-26-14-15-28(31(36)29(26)34)48-33-22(2)18-25(19-23(33)3)50(44,45)39-41/h12-15,18-19,21,40-41H,4-11,16-17,20H2,1-3H3,(H2,38,42,43)(H2,39,44,45)/t21-/m0/s1. The molecule has 0 spiro atoms. The fourth-order valence-corrected chi connectivity index (χ4v) is 6.94. The predicted molar refractivity (Wildman–Crippen MR) is 184 cm³/mol. The summed E-state index contributed by atoms with van der Waals surface area (Å²) in [4.78, 5) is 19.2. The number of hydrogen-bond donors (Lipinski definition) is 6. The maximum Gasteiger partial charge on any atom is 0.319 e. The van der Waals surface area contributed by atoms with Crippen LogP contribution in [0.1, 0.15) is 68.6 Å². The topological polar surface area (TPSA) is 167 Å². The van der Waals surface area contributed by atoms with Crippen molar-refractivity contribution in [3.05, 3.63) is 75.6 Å². The van der Waals surface area contributed by atoms with Gasteiger partial charge in [-0.3, -0.25) is 9.13 Å². The van der Waals surface area contributed by atoms with E-state index in [9.17, 15) is 27.7 Å². The zero-order valence-corrected chi connectivity index (χ0v) is 30.6. The first kappa shape index (κ1) is 41.8. The molecule has 3 aromatic carbocycles. The van der Waals surface area contributed by atoms with E-state index in [4.69, 9.17) is 36.2 Å². The predicted octanol–water partition coefficient (Wildman–Crippen LogP) is 8.49. The van der Waals surface area contributed by atoms with Crippen molar-refractivity contribution in [3.8, 4) is 23.0 Å². The highest BCUT2D eigenvalue weighted by Gasteiger charge is 2.24. The molecule has 0 fully saturated rings. The average molecular weight is 767 g/mol. The van der Waals surface area contributed by atoms with Gasteiger partial charge in [0.1, 0.15) is 16.5 Å². The smallest absolute Gasteiger partial charge is 0.319 e. The first-order valence-electron chi connectivity index (χ1n) is 16.1. The van der Waals surface area contributed by atoms with Crippen molar-refractivity contribution in [1.82, 2.24) is 10.5 Å². The molecule has 3 aromatic rings. The van der Waals surface area contributed by atoms with Gasteiger partial charge in [0.25, 0.3) is 7.52 Å². The fourth-order valence-electron chi connectivity index (χ4n) is 5.16. The third-order valence-electron chi connectivity index (χ3n) is 7.97. The highest BCUT2D eigenvalue weighted by Crippen LogP contribution is 2.40. The van der Waals surface area contributed by atoms with Crippen LogP contribution in [0.25, 0.3) is 0 Å². The molecule has 3 rings (SSSR count). The van der Waals surface area contributed by atoms with Crippen LogP contribution < -0.4 is 30.0 Å². The molecule has 17 heteroatoms. The summed E-state index contributed by atoms with van der Waals surface area (Å²) < 4.78 is 84.6. The van der Waals surface area contributed by atoms with E-state index in [-0.39, 0.29) is 64.2 Å². The van der Waals surface area contributed by atoms with E-state index in [1.54, 1.807) is 13.8 Å². The van der Waals surface area contributed by atoms with Gasteiger partial charge in [-0.2, -0.15) is 4.39 Å². The summed E-state index contributed by atoms with van der Waals surface area (Å²) in [6.07, 6.45) is 4.76. The van der Waals surface area contributed by atoms with Crippen LogP contribution in [0.5, 0.6) is 23.0 Å². The van der Waals surface area contributed by atoms with Crippen LogP contribution in [0.15, 0.2) is 36.4 Å². The number of unbranched alkanes of at least 4 members (excludes halogenated alkanes) is 4. The largest absolute Gasteiger partial charge is 0.492 e. The molecule has 0 aliphatic rings. The van der Waals surface area contributed by atoms with Crippen molar-refractivity contribution in [2.45, 2.75) is 72.1 Å². The zero-order valence-electron chi connectivity index (χ0n) is 28.1. The Morgan fingerprint density at radius 2 is 1.42 bits per heavy atom. The molecule has 11 nitrogen and oxygen atoms in total. The lowest BCUT2D eigenvalue weighted by Gasteiger charge is -2.17. The van der Waals surface area contributed by atoms with Crippen LogP contribution in [0.4, 0.5) is 13.2 Å². The molecule has 6 N–H and O–H groups in total. The van der Waals surface area contributed by atoms with Crippen LogP contribution >= 0.6 is 26.6 Å². The van der Waals surface area contributed by atoms with Gasteiger partial charge in [-0.25, -0.2) is 8.78 Å². The second-order valence-electron chi connectivity index (χ2n) is 12.2. The summed E-state index contributed by atoms with van der Waals surface area (Å²) in [7, 11) is -7.93. The minimum absolute atomic E-state index is 0.0412. The summed E-state index contributed by atoms with van der Waals surface area (Å²) in [5, 5.41) is 20.1. The van der Waals surface area contributed by atoms with Crippen molar-refractivity contribution < 1.29 is 56.7 Å². The van der Waals surface area contributed by atoms with Crippen molar-refractivity contribution >= 4 is 31.9 Å². The molecule has 0 radical (unpaired) electrons. The van der Waals surface area contributed by atoms with Crippen molar-refractivity contribution in [1.29, 1.82) is 0 Å². The Hall–Kier alpha value is -2.64. The van der Waals surface area contributed by atoms with Gasteiger partial charge < -0.3 is 34.4 Å². The molecule has 50 heavy (non-hydrogen) atoms. The molecular formula is C33H44ClF3N2O9P2. The van der Waals surface area contributed by atoms with Crippen LogP contribution in [0, 0.1) is 37.2 Å². The third-order valence-corrected chi connectivity index (χ3v) is 10.8. The summed E-state index contributed by atoms with van der Waals surface area (Å²) >= 11 is 6.21. The number of ether oxygens (including phenoxy) is 3. The lowest BCUT2D eigenvalue weighted by molar-refractivity contribution is 0.220. The van der Waals surface area contributed by atoms with Crippen molar-refractivity contribution in [3.63, 3.8) is 0 Å². The third kappa shape index (κ3) is 12.0. The van der Waals surface area contributed by atoms with Gasteiger partial charge >= 0.3 is 7.52 Å². The van der Waals surface area contributed by atoms with Gasteiger partial charge in [-0.15, -0.1) is 10.5 Å². The molecule has 0 bridgehead atoms. The number of rotatable bonds is 21. The minimum Gasteiger partial charge on any atom is -0.492 e. The molecule has 3 atom stereocenters. The second-order valence-corrected chi connectivity index (χ2v) is 16.5. The van der Waals surface area contributed by atoms with Crippen LogP contribution in [-0.4, -0.2) is 39.6 Å². The SMILES string of the molecule is Cc1cc(P(=O)(O)NO)cc(C)c1Oc1ccc(OCCCCCCCc2ccc(OC[C@@H](C)CCCP(=O)(O)NO)c(F)c2F)c(Cl)c1F. The normalized spacial score (nSPS) is 14.5. The minimum atomic E-state index is -4.16. The first-order chi connectivity index (χ1) is 23.6. The highest BCUT2D eigenvalue weighted by molar-refractivity contribution is 7.63. The van der Waals surface area contributed by atoms with Crippen LogP contribution in [0.2, 0.25) is 5.02 Å². The summed E-state index contributed by atoms with van der Waals surface area (Å²) in [5.74, 6) is -2.87. The Kier molecular flexibility index (Phi) is 16.1. The highest BCUT2D eigenvalue weighted by atomic mass is 35.5. The van der Waals surface area contributed by atoms with E-state index in [0.717, 1.165) is 19.3 Å². The number of aryl methyl sites for hydroxylation is 3. The molecule has 278 valence electrons. The van der Waals surface area contributed by atoms with Crippen molar-refractivity contribution in [2.24, 2.45) is 5.92 Å². The van der Waals surface area contributed by atoms with E-state index in [2.05, 4.69) is 0 Å². The van der Waals surface area contributed by atoms with Gasteiger partial charge in [-0.1, -0.05) is 43.9 Å². The Morgan fingerprint density at radius 1 is 0.800 bits per heavy atom. The molecule has 0 saturated heterocycles. The average Bonchev–Trinajstić information content (AvgIpc) is 3.07. The Bertz CT molecular complexity index is 1680. The van der Waals surface area contributed by atoms with Gasteiger partial charge in [0, 0.05) is 6.16 Å². The van der Waals surface area contributed by atoms with E-state index in [1.165, 1.54) is 46.9 Å². The number of nitrogens with one attached hydrogen (secondary N) is 2. The molecule has 0 aliphatic carbocycles. The lowest BCUT2D eigenvalue weighted by atomic mass is 10.0. The van der Waals surface area contributed by atoms with E-state index in [0.29, 0.717) is 43.2 Å². The van der Waals surface area contributed by atoms with E-state index < -0.39 is 32.5 Å².